The van der Waals surface area contributed by atoms with Crippen LogP contribution in [0.1, 0.15) is 29.3 Å². The Balaban J connectivity index is 2.84. The van der Waals surface area contributed by atoms with Crippen LogP contribution in [0.5, 0.6) is 0 Å². The summed E-state index contributed by atoms with van der Waals surface area (Å²) in [5, 5.41) is 3.35. The number of carbonyl (C=O) groups excluding carboxylic acids is 1. The van der Waals surface area contributed by atoms with Crippen molar-refractivity contribution in [1.29, 1.82) is 0 Å². The Morgan fingerprint density at radius 3 is 2.75 bits per heavy atom. The van der Waals surface area contributed by atoms with Gasteiger partial charge in [0.25, 0.3) is 5.91 Å². The number of nitrogens with one attached hydrogen (secondary N) is 1. The molecule has 0 spiro atoms. The van der Waals surface area contributed by atoms with Gasteiger partial charge in [0, 0.05) is 11.9 Å². The molecule has 0 fully saturated rings. The monoisotopic (exact) mass is 259 g/mol. The van der Waals surface area contributed by atoms with Crippen LogP contribution in [0.15, 0.2) is 18.2 Å². The van der Waals surface area contributed by atoms with E-state index in [-0.39, 0.29) is 11.9 Å². The van der Waals surface area contributed by atoms with Crippen LogP contribution in [0, 0.1) is 6.92 Å². The van der Waals surface area contributed by atoms with E-state index < -0.39 is 0 Å². The highest BCUT2D eigenvalue weighted by Gasteiger charge is 2.14. The second kappa shape index (κ2) is 6.12. The highest BCUT2D eigenvalue weighted by Crippen LogP contribution is 2.20. The van der Waals surface area contributed by atoms with E-state index in [0.717, 1.165) is 12.0 Å². The van der Waals surface area contributed by atoms with Crippen LogP contribution < -0.4 is 5.32 Å². The topological polar surface area (TPSA) is 29.1 Å². The fourth-order valence-corrected chi connectivity index (χ4v) is 1.84. The summed E-state index contributed by atoms with van der Waals surface area (Å²) < 4.78 is 0. The molecule has 1 atom stereocenters. The molecule has 1 amide bonds. The smallest absolute Gasteiger partial charge is 0.253 e. The lowest BCUT2D eigenvalue weighted by Crippen LogP contribution is -2.35. The summed E-state index contributed by atoms with van der Waals surface area (Å²) in [5.41, 5.74) is 1.40. The number of amides is 1. The Morgan fingerprint density at radius 1 is 1.50 bits per heavy atom. The van der Waals surface area contributed by atoms with E-state index in [2.05, 4.69) is 5.32 Å². The van der Waals surface area contributed by atoms with Crippen molar-refractivity contribution in [3.05, 3.63) is 34.3 Å². The van der Waals surface area contributed by atoms with E-state index in [9.17, 15) is 4.79 Å². The van der Waals surface area contributed by atoms with Crippen molar-refractivity contribution < 1.29 is 4.79 Å². The van der Waals surface area contributed by atoms with E-state index in [0.29, 0.717) is 16.5 Å². The van der Waals surface area contributed by atoms with Crippen molar-refractivity contribution in [1.82, 2.24) is 5.32 Å². The Morgan fingerprint density at radius 2 is 2.19 bits per heavy atom. The second-order valence-corrected chi connectivity index (χ2v) is 4.36. The van der Waals surface area contributed by atoms with Crippen LogP contribution in [0.25, 0.3) is 0 Å². The third-order valence-corrected chi connectivity index (χ3v) is 3.32. The quantitative estimate of drug-likeness (QED) is 0.826. The van der Waals surface area contributed by atoms with Crippen molar-refractivity contribution in [2.45, 2.75) is 26.3 Å². The lowest BCUT2D eigenvalue weighted by Gasteiger charge is -2.14. The molecule has 1 rings (SSSR count). The Kier molecular flexibility index (Phi) is 5.10. The average Bonchev–Trinajstić information content (AvgIpc) is 2.29. The molecule has 0 saturated heterocycles. The number of hydrogen-bond acceptors (Lipinski definition) is 1. The molecule has 0 radical (unpaired) electrons. The molecular weight excluding hydrogens is 245 g/mol. The Bertz CT molecular complexity index is 375. The van der Waals surface area contributed by atoms with Crippen LogP contribution >= 0.6 is 23.2 Å². The fourth-order valence-electron chi connectivity index (χ4n) is 1.34. The lowest BCUT2D eigenvalue weighted by atomic mass is 10.1. The second-order valence-electron chi connectivity index (χ2n) is 3.67. The standard InChI is InChI=1S/C12H15Cl2NO/c1-3-9(7-13)15-12(16)10-6-4-5-8(2)11(10)14/h4-6,9H,3,7H2,1-2H3,(H,15,16). The van der Waals surface area contributed by atoms with E-state index in [1.165, 1.54) is 0 Å². The summed E-state index contributed by atoms with van der Waals surface area (Å²) in [7, 11) is 0. The third kappa shape index (κ3) is 3.13. The van der Waals surface area contributed by atoms with E-state index in [1.807, 2.05) is 26.0 Å². The van der Waals surface area contributed by atoms with Crippen molar-refractivity contribution in [3.63, 3.8) is 0 Å². The van der Waals surface area contributed by atoms with Crippen LogP contribution in [0.3, 0.4) is 0 Å². The maximum atomic E-state index is 11.9. The molecule has 1 N–H and O–H groups in total. The van der Waals surface area contributed by atoms with Gasteiger partial charge < -0.3 is 5.32 Å². The summed E-state index contributed by atoms with van der Waals surface area (Å²) in [6, 6.07) is 5.40. The number of benzene rings is 1. The molecule has 16 heavy (non-hydrogen) atoms. The van der Waals surface area contributed by atoms with E-state index in [1.54, 1.807) is 6.07 Å². The number of alkyl halides is 1. The Hall–Kier alpha value is -0.730. The molecule has 1 aromatic rings. The fraction of sp³-hybridized carbons (Fsp3) is 0.417. The number of rotatable bonds is 4. The molecule has 2 nitrogen and oxygen atoms in total. The van der Waals surface area contributed by atoms with Gasteiger partial charge in [0.1, 0.15) is 0 Å². The molecule has 1 unspecified atom stereocenters. The molecule has 88 valence electrons. The summed E-state index contributed by atoms with van der Waals surface area (Å²) in [6.45, 7) is 3.85. The predicted molar refractivity (Wildman–Crippen MR) is 68.5 cm³/mol. The molecule has 1 aromatic carbocycles. The van der Waals surface area contributed by atoms with Gasteiger partial charge in [-0.25, -0.2) is 0 Å². The molecule has 4 heteroatoms. The SMILES string of the molecule is CCC(CCl)NC(=O)c1cccc(C)c1Cl. The zero-order valence-corrected chi connectivity index (χ0v) is 10.9. The molecule has 0 aliphatic rings. The van der Waals surface area contributed by atoms with Crippen molar-refractivity contribution in [3.8, 4) is 0 Å². The van der Waals surface area contributed by atoms with E-state index in [4.69, 9.17) is 23.2 Å². The first-order valence-corrected chi connectivity index (χ1v) is 6.13. The molecular formula is C12H15Cl2NO. The van der Waals surface area contributed by atoms with E-state index >= 15 is 0 Å². The number of hydrogen-bond donors (Lipinski definition) is 1. The van der Waals surface area contributed by atoms with Gasteiger partial charge in [-0.15, -0.1) is 11.6 Å². The molecule has 0 aliphatic heterocycles. The van der Waals surface area contributed by atoms with Crippen LogP contribution in [0.4, 0.5) is 0 Å². The molecule has 0 heterocycles. The van der Waals surface area contributed by atoms with Gasteiger partial charge in [-0.1, -0.05) is 30.7 Å². The van der Waals surface area contributed by atoms with Gasteiger partial charge in [0.05, 0.1) is 10.6 Å². The number of carbonyl (C=O) groups is 1. The minimum atomic E-state index is -0.166. The van der Waals surface area contributed by atoms with Crippen molar-refractivity contribution in [2.24, 2.45) is 0 Å². The molecule has 0 bridgehead atoms. The minimum absolute atomic E-state index is 0.00857. The van der Waals surface area contributed by atoms with Gasteiger partial charge in [0.2, 0.25) is 0 Å². The summed E-state index contributed by atoms with van der Waals surface area (Å²) in [4.78, 5) is 11.9. The maximum absolute atomic E-state index is 11.9. The van der Waals surface area contributed by atoms with Crippen LogP contribution in [-0.4, -0.2) is 17.8 Å². The first-order chi connectivity index (χ1) is 7.60. The first-order valence-electron chi connectivity index (χ1n) is 5.22. The zero-order valence-electron chi connectivity index (χ0n) is 9.39. The minimum Gasteiger partial charge on any atom is -0.348 e. The van der Waals surface area contributed by atoms with Gasteiger partial charge >= 0.3 is 0 Å². The molecule has 0 aromatic heterocycles. The zero-order chi connectivity index (χ0) is 12.1. The average molecular weight is 260 g/mol. The molecule has 0 saturated carbocycles. The highest BCUT2D eigenvalue weighted by atomic mass is 35.5. The van der Waals surface area contributed by atoms with Crippen molar-refractivity contribution >= 4 is 29.1 Å². The van der Waals surface area contributed by atoms with Gasteiger partial charge in [0.15, 0.2) is 0 Å². The lowest BCUT2D eigenvalue weighted by molar-refractivity contribution is 0.0940. The largest absolute Gasteiger partial charge is 0.348 e. The Labute approximate surface area is 106 Å². The summed E-state index contributed by atoms with van der Waals surface area (Å²) in [6.07, 6.45) is 0.804. The van der Waals surface area contributed by atoms with Crippen molar-refractivity contribution in [2.75, 3.05) is 5.88 Å². The van der Waals surface area contributed by atoms with Gasteiger partial charge in [-0.2, -0.15) is 0 Å². The first kappa shape index (κ1) is 13.3. The van der Waals surface area contributed by atoms with Gasteiger partial charge in [-0.05, 0) is 25.0 Å². The van der Waals surface area contributed by atoms with Crippen LogP contribution in [0.2, 0.25) is 5.02 Å². The number of aryl methyl sites for hydroxylation is 1. The maximum Gasteiger partial charge on any atom is 0.253 e. The predicted octanol–water partition coefficient (Wildman–Crippen LogP) is 3.40. The summed E-state index contributed by atoms with van der Waals surface area (Å²) >= 11 is 11.8. The number of halogens is 2. The van der Waals surface area contributed by atoms with Gasteiger partial charge in [-0.3, -0.25) is 4.79 Å². The third-order valence-electron chi connectivity index (χ3n) is 2.45. The van der Waals surface area contributed by atoms with Crippen LogP contribution in [-0.2, 0) is 0 Å². The highest BCUT2D eigenvalue weighted by molar-refractivity contribution is 6.34. The normalized spacial score (nSPS) is 12.2. The molecule has 0 aliphatic carbocycles. The summed E-state index contributed by atoms with van der Waals surface area (Å²) in [5.74, 6) is 0.243.